The molecule has 6 heteroatoms. The molecule has 3 N–H and O–H groups in total. The van der Waals surface area contributed by atoms with Gasteiger partial charge in [-0.2, -0.15) is 0 Å². The normalized spacial score (nSPS) is 10.2. The van der Waals surface area contributed by atoms with E-state index in [4.69, 9.17) is 41.2 Å². The van der Waals surface area contributed by atoms with Crippen molar-refractivity contribution in [2.75, 3.05) is 0 Å². The summed E-state index contributed by atoms with van der Waals surface area (Å²) in [6.45, 7) is 0.374. The number of thiocarbonyl (C=S) groups is 1. The average Bonchev–Trinajstić information content (AvgIpc) is 2.47. The van der Waals surface area contributed by atoms with Crippen molar-refractivity contribution >= 4 is 46.3 Å². The Bertz CT molecular complexity index is 687. The molecule has 108 valence electrons. The Kier molecular flexibility index (Phi) is 5.17. The fourth-order valence-corrected chi connectivity index (χ4v) is 2.25. The zero-order valence-corrected chi connectivity index (χ0v) is 13.2. The standard InChI is InChI=1S/C15H12Cl2N2OS/c16-11-5-6-13(17)12(7-11)15(20)19-8-9-1-3-10(4-2-9)14(18)21/h1-7H,8H2,(H2,18,21)(H,19,20). The van der Waals surface area contributed by atoms with Crippen molar-refractivity contribution in [1.29, 1.82) is 0 Å². The molecule has 0 saturated heterocycles. The molecule has 0 spiro atoms. The van der Waals surface area contributed by atoms with Crippen LogP contribution in [0.15, 0.2) is 42.5 Å². The topological polar surface area (TPSA) is 55.1 Å². The second kappa shape index (κ2) is 6.89. The molecule has 0 aliphatic rings. The smallest absolute Gasteiger partial charge is 0.253 e. The highest BCUT2D eigenvalue weighted by atomic mass is 35.5. The number of carbonyl (C=O) groups is 1. The van der Waals surface area contributed by atoms with Crippen LogP contribution in [0.25, 0.3) is 0 Å². The number of nitrogens with two attached hydrogens (primary N) is 1. The highest BCUT2D eigenvalue weighted by Crippen LogP contribution is 2.20. The molecule has 0 heterocycles. The van der Waals surface area contributed by atoms with Crippen LogP contribution in [-0.4, -0.2) is 10.9 Å². The summed E-state index contributed by atoms with van der Waals surface area (Å²) >= 11 is 16.7. The minimum Gasteiger partial charge on any atom is -0.389 e. The third-order valence-corrected chi connectivity index (χ3v) is 3.66. The number of carbonyl (C=O) groups excluding carboxylic acids is 1. The van der Waals surface area contributed by atoms with Crippen molar-refractivity contribution in [2.45, 2.75) is 6.54 Å². The van der Waals surface area contributed by atoms with Crippen molar-refractivity contribution < 1.29 is 4.79 Å². The summed E-state index contributed by atoms with van der Waals surface area (Å²) in [4.78, 5) is 12.4. The van der Waals surface area contributed by atoms with Crippen LogP contribution in [0.1, 0.15) is 21.5 Å². The predicted molar refractivity (Wildman–Crippen MR) is 90.0 cm³/mol. The number of halogens is 2. The highest BCUT2D eigenvalue weighted by Gasteiger charge is 2.10. The summed E-state index contributed by atoms with van der Waals surface area (Å²) in [5.74, 6) is -0.277. The molecule has 2 aromatic rings. The number of nitrogens with one attached hydrogen (secondary N) is 1. The van der Waals surface area contributed by atoms with Crippen LogP contribution >= 0.6 is 35.4 Å². The van der Waals surface area contributed by atoms with Crippen LogP contribution in [0.4, 0.5) is 0 Å². The lowest BCUT2D eigenvalue weighted by atomic mass is 10.1. The predicted octanol–water partition coefficient (Wildman–Crippen LogP) is 3.56. The van der Waals surface area contributed by atoms with E-state index >= 15 is 0 Å². The Balaban J connectivity index is 2.04. The number of benzene rings is 2. The first-order valence-electron chi connectivity index (χ1n) is 6.09. The second-order valence-electron chi connectivity index (χ2n) is 4.37. The first-order chi connectivity index (χ1) is 9.97. The first kappa shape index (κ1) is 15.8. The van der Waals surface area contributed by atoms with E-state index in [9.17, 15) is 4.79 Å². The average molecular weight is 339 g/mol. The van der Waals surface area contributed by atoms with Gasteiger partial charge < -0.3 is 11.1 Å². The first-order valence-corrected chi connectivity index (χ1v) is 7.26. The largest absolute Gasteiger partial charge is 0.389 e. The van der Waals surface area contributed by atoms with E-state index in [0.717, 1.165) is 11.1 Å². The second-order valence-corrected chi connectivity index (χ2v) is 5.65. The molecule has 0 radical (unpaired) electrons. The lowest BCUT2D eigenvalue weighted by Crippen LogP contribution is -2.23. The molecule has 0 fully saturated rings. The van der Waals surface area contributed by atoms with Gasteiger partial charge in [0.05, 0.1) is 10.6 Å². The number of hydrogen-bond donors (Lipinski definition) is 2. The van der Waals surface area contributed by atoms with Gasteiger partial charge in [-0.1, -0.05) is 59.7 Å². The van der Waals surface area contributed by atoms with Gasteiger partial charge in [-0.3, -0.25) is 4.79 Å². The quantitative estimate of drug-likeness (QED) is 0.838. The third kappa shape index (κ3) is 4.17. The van der Waals surface area contributed by atoms with Crippen LogP contribution in [0.2, 0.25) is 10.0 Å². The molecule has 0 atom stereocenters. The van der Waals surface area contributed by atoms with Crippen LogP contribution in [0.3, 0.4) is 0 Å². The Labute approximate surface area is 138 Å². The van der Waals surface area contributed by atoms with Crippen molar-refractivity contribution in [2.24, 2.45) is 5.73 Å². The van der Waals surface area contributed by atoms with Gasteiger partial charge in [-0.25, -0.2) is 0 Å². The zero-order chi connectivity index (χ0) is 15.4. The SMILES string of the molecule is NC(=S)c1ccc(CNC(=O)c2cc(Cl)ccc2Cl)cc1. The molecule has 0 aliphatic heterocycles. The number of hydrogen-bond acceptors (Lipinski definition) is 2. The number of amides is 1. The fraction of sp³-hybridized carbons (Fsp3) is 0.0667. The molecule has 3 nitrogen and oxygen atoms in total. The molecule has 1 amide bonds. The van der Waals surface area contributed by atoms with Gasteiger partial charge in [-0.15, -0.1) is 0 Å². The van der Waals surface area contributed by atoms with Gasteiger partial charge >= 0.3 is 0 Å². The molecule has 0 aromatic heterocycles. The van der Waals surface area contributed by atoms with E-state index < -0.39 is 0 Å². The third-order valence-electron chi connectivity index (χ3n) is 2.86. The summed E-state index contributed by atoms with van der Waals surface area (Å²) in [6.07, 6.45) is 0. The lowest BCUT2D eigenvalue weighted by Gasteiger charge is -2.08. The maximum atomic E-state index is 12.1. The van der Waals surface area contributed by atoms with E-state index in [1.165, 1.54) is 6.07 Å². The lowest BCUT2D eigenvalue weighted by molar-refractivity contribution is 0.0951. The molecule has 0 aliphatic carbocycles. The van der Waals surface area contributed by atoms with Crippen molar-refractivity contribution in [3.8, 4) is 0 Å². The van der Waals surface area contributed by atoms with E-state index in [-0.39, 0.29) is 5.91 Å². The molecule has 0 unspecified atom stereocenters. The van der Waals surface area contributed by atoms with Crippen LogP contribution in [0, 0.1) is 0 Å². The highest BCUT2D eigenvalue weighted by molar-refractivity contribution is 7.80. The summed E-state index contributed by atoms with van der Waals surface area (Å²) in [6, 6.07) is 12.1. The van der Waals surface area contributed by atoms with Gasteiger partial charge in [0.15, 0.2) is 0 Å². The summed E-state index contributed by atoms with van der Waals surface area (Å²) < 4.78 is 0. The summed E-state index contributed by atoms with van der Waals surface area (Å²) in [5.41, 5.74) is 7.60. The zero-order valence-electron chi connectivity index (χ0n) is 10.9. The Morgan fingerprint density at radius 2 is 1.81 bits per heavy atom. The van der Waals surface area contributed by atoms with Gasteiger partial charge in [0.2, 0.25) is 0 Å². The molecule has 2 rings (SSSR count). The van der Waals surface area contributed by atoms with Gasteiger partial charge in [0, 0.05) is 17.1 Å². The minimum absolute atomic E-state index is 0.277. The van der Waals surface area contributed by atoms with E-state index in [0.29, 0.717) is 27.1 Å². The molecular formula is C15H12Cl2N2OS. The Morgan fingerprint density at radius 1 is 1.14 bits per heavy atom. The van der Waals surface area contributed by atoms with E-state index in [1.54, 1.807) is 12.1 Å². The summed E-state index contributed by atoms with van der Waals surface area (Å²) in [7, 11) is 0. The van der Waals surface area contributed by atoms with Gasteiger partial charge in [0.1, 0.15) is 4.99 Å². The molecule has 0 saturated carbocycles. The Hall–Kier alpha value is -1.62. The van der Waals surface area contributed by atoms with Crippen molar-refractivity contribution in [1.82, 2.24) is 5.32 Å². The molecule has 2 aromatic carbocycles. The van der Waals surface area contributed by atoms with Gasteiger partial charge in [-0.05, 0) is 23.8 Å². The van der Waals surface area contributed by atoms with E-state index in [2.05, 4.69) is 5.32 Å². The monoisotopic (exact) mass is 338 g/mol. The van der Waals surface area contributed by atoms with Gasteiger partial charge in [0.25, 0.3) is 5.91 Å². The van der Waals surface area contributed by atoms with Crippen molar-refractivity contribution in [3.63, 3.8) is 0 Å². The summed E-state index contributed by atoms with van der Waals surface area (Å²) in [5, 5.41) is 3.61. The molecule has 0 bridgehead atoms. The minimum atomic E-state index is -0.277. The molecule has 21 heavy (non-hydrogen) atoms. The molecular weight excluding hydrogens is 327 g/mol. The maximum Gasteiger partial charge on any atom is 0.253 e. The van der Waals surface area contributed by atoms with Crippen LogP contribution < -0.4 is 11.1 Å². The van der Waals surface area contributed by atoms with Crippen LogP contribution in [0.5, 0.6) is 0 Å². The maximum absolute atomic E-state index is 12.1. The number of rotatable bonds is 4. The fourth-order valence-electron chi connectivity index (χ4n) is 1.74. The van der Waals surface area contributed by atoms with E-state index in [1.807, 2.05) is 24.3 Å². The van der Waals surface area contributed by atoms with Crippen molar-refractivity contribution in [3.05, 3.63) is 69.2 Å². The van der Waals surface area contributed by atoms with Crippen LogP contribution in [-0.2, 0) is 6.54 Å². The Morgan fingerprint density at radius 3 is 2.43 bits per heavy atom.